The van der Waals surface area contributed by atoms with E-state index in [-0.39, 0.29) is 17.2 Å². The number of ketones is 1. The van der Waals surface area contributed by atoms with Crippen molar-refractivity contribution >= 4 is 49.8 Å². The van der Waals surface area contributed by atoms with E-state index < -0.39 is 0 Å². The summed E-state index contributed by atoms with van der Waals surface area (Å²) in [4.78, 5) is 20.8. The zero-order valence-corrected chi connectivity index (χ0v) is 15.7. The average molecular weight is 376 g/mol. The number of nitrogens with zero attached hydrogens (tertiary/aromatic N) is 1. The van der Waals surface area contributed by atoms with Crippen LogP contribution < -0.4 is 0 Å². The van der Waals surface area contributed by atoms with E-state index in [0.29, 0.717) is 22.2 Å². The molecular formula is C25H16N2O2. The number of fused-ring (bicyclic) bond motifs is 6. The number of Topliss-reactive ketones (excluding diaryl/α,β-unsaturated/α-hetero) is 1. The van der Waals surface area contributed by atoms with Crippen LogP contribution in [-0.4, -0.2) is 21.6 Å². The zero-order valence-electron chi connectivity index (χ0n) is 15.7. The van der Waals surface area contributed by atoms with Gasteiger partial charge in [-0.25, -0.2) is 4.99 Å². The summed E-state index contributed by atoms with van der Waals surface area (Å²) in [5.41, 5.74) is 5.23. The molecule has 0 unspecified atom stereocenters. The topological polar surface area (TPSA) is 65.5 Å². The third-order valence-electron chi connectivity index (χ3n) is 5.84. The maximum absolute atomic E-state index is 12.8. The summed E-state index contributed by atoms with van der Waals surface area (Å²) in [7, 11) is 0. The summed E-state index contributed by atoms with van der Waals surface area (Å²) in [6.07, 6.45) is 0. The zero-order chi connectivity index (χ0) is 19.7. The van der Waals surface area contributed by atoms with Crippen LogP contribution in [0.3, 0.4) is 0 Å². The Balaban J connectivity index is 1.61. The number of aryl methyl sites for hydroxylation is 1. The van der Waals surface area contributed by atoms with E-state index in [1.54, 1.807) is 12.1 Å². The molecule has 6 rings (SSSR count). The van der Waals surface area contributed by atoms with E-state index in [9.17, 15) is 9.90 Å². The fourth-order valence-corrected chi connectivity index (χ4v) is 4.37. The molecule has 4 aromatic carbocycles. The second-order valence-corrected chi connectivity index (χ2v) is 7.47. The molecule has 1 aliphatic heterocycles. The smallest absolute Gasteiger partial charge is 0.214 e. The molecule has 0 fully saturated rings. The Bertz CT molecular complexity index is 1540. The molecule has 1 aromatic heterocycles. The first-order chi connectivity index (χ1) is 14.1. The van der Waals surface area contributed by atoms with Crippen molar-refractivity contribution in [3.8, 4) is 5.75 Å². The number of rotatable bonds is 1. The van der Waals surface area contributed by atoms with Crippen LogP contribution in [0, 0.1) is 6.92 Å². The second-order valence-electron chi connectivity index (χ2n) is 7.47. The largest absolute Gasteiger partial charge is 0.507 e. The number of nitrogens with one attached hydrogen (secondary N) is 1. The van der Waals surface area contributed by atoms with Gasteiger partial charge in [0.1, 0.15) is 11.5 Å². The summed E-state index contributed by atoms with van der Waals surface area (Å²) >= 11 is 0. The lowest BCUT2D eigenvalue weighted by Crippen LogP contribution is -2.11. The minimum atomic E-state index is -0.155. The molecule has 0 saturated carbocycles. The highest BCUT2D eigenvalue weighted by molar-refractivity contribution is 6.55. The van der Waals surface area contributed by atoms with E-state index in [4.69, 9.17) is 0 Å². The van der Waals surface area contributed by atoms with Gasteiger partial charge in [0.2, 0.25) is 5.78 Å². The Morgan fingerprint density at radius 3 is 2.34 bits per heavy atom. The number of carbonyl (C=O) groups is 1. The molecule has 0 aliphatic carbocycles. The van der Waals surface area contributed by atoms with Crippen LogP contribution in [0.2, 0.25) is 0 Å². The number of para-hydroxylation sites is 2. The molecule has 0 radical (unpaired) electrons. The van der Waals surface area contributed by atoms with Crippen LogP contribution in [0.15, 0.2) is 71.7 Å². The fourth-order valence-electron chi connectivity index (χ4n) is 4.37. The maximum Gasteiger partial charge on any atom is 0.214 e. The third-order valence-corrected chi connectivity index (χ3v) is 5.84. The normalized spacial score (nSPS) is 13.4. The van der Waals surface area contributed by atoms with Crippen molar-refractivity contribution in [1.29, 1.82) is 0 Å². The van der Waals surface area contributed by atoms with Crippen LogP contribution in [0.25, 0.3) is 32.6 Å². The molecule has 0 saturated heterocycles. The Hall–Kier alpha value is -3.92. The van der Waals surface area contributed by atoms with Crippen molar-refractivity contribution in [2.45, 2.75) is 6.92 Å². The SMILES string of the molecule is Cc1cccc2c1[nH]c1c3ccc(C4=Nc5ccccc5C4=O)c(O)c3ccc21. The van der Waals surface area contributed by atoms with Crippen LogP contribution in [0.4, 0.5) is 5.69 Å². The van der Waals surface area contributed by atoms with Gasteiger partial charge in [-0.05, 0) is 36.8 Å². The minimum Gasteiger partial charge on any atom is -0.507 e. The van der Waals surface area contributed by atoms with Crippen molar-refractivity contribution in [3.63, 3.8) is 0 Å². The van der Waals surface area contributed by atoms with Crippen molar-refractivity contribution in [2.24, 2.45) is 4.99 Å². The number of phenolic OH excluding ortho intramolecular Hbond substituents is 1. The first kappa shape index (κ1) is 16.1. The predicted octanol–water partition coefficient (Wildman–Crippen LogP) is 5.81. The number of aromatic nitrogens is 1. The fraction of sp³-hybridized carbons (Fsp3) is 0.0400. The molecule has 4 nitrogen and oxygen atoms in total. The number of hydrogen-bond donors (Lipinski definition) is 2. The van der Waals surface area contributed by atoms with Crippen LogP contribution in [-0.2, 0) is 0 Å². The molecule has 0 bridgehead atoms. The van der Waals surface area contributed by atoms with Gasteiger partial charge in [-0.3, -0.25) is 4.79 Å². The number of aromatic amines is 1. The van der Waals surface area contributed by atoms with E-state index >= 15 is 0 Å². The van der Waals surface area contributed by atoms with Gasteiger partial charge in [0.15, 0.2) is 0 Å². The molecule has 138 valence electrons. The average Bonchev–Trinajstić information content (AvgIpc) is 3.28. The standard InChI is InChI=1S/C25H16N2O2/c1-13-5-4-7-14-15-9-11-17-16(22(15)27-21(13)14)10-12-19(24(17)28)23-25(29)18-6-2-3-8-20(18)26-23/h2-12,27-28H,1H3. The third kappa shape index (κ3) is 2.08. The molecule has 2 heterocycles. The van der Waals surface area contributed by atoms with Gasteiger partial charge in [0.25, 0.3) is 0 Å². The molecule has 4 heteroatoms. The monoisotopic (exact) mass is 376 g/mol. The van der Waals surface area contributed by atoms with Gasteiger partial charge in [-0.15, -0.1) is 0 Å². The minimum absolute atomic E-state index is 0.0830. The van der Waals surface area contributed by atoms with E-state index in [1.165, 1.54) is 5.56 Å². The highest BCUT2D eigenvalue weighted by Gasteiger charge is 2.28. The molecule has 0 atom stereocenters. The first-order valence-electron chi connectivity index (χ1n) is 9.52. The van der Waals surface area contributed by atoms with E-state index in [1.807, 2.05) is 36.4 Å². The second kappa shape index (κ2) is 5.55. The first-order valence-corrected chi connectivity index (χ1v) is 9.52. The lowest BCUT2D eigenvalue weighted by Gasteiger charge is -2.08. The number of benzene rings is 4. The van der Waals surface area contributed by atoms with Gasteiger partial charge in [-0.1, -0.05) is 42.5 Å². The predicted molar refractivity (Wildman–Crippen MR) is 117 cm³/mol. The Labute approximate surface area is 166 Å². The molecular weight excluding hydrogens is 360 g/mol. The highest BCUT2D eigenvalue weighted by Crippen LogP contribution is 2.39. The van der Waals surface area contributed by atoms with Gasteiger partial charge >= 0.3 is 0 Å². The summed E-state index contributed by atoms with van der Waals surface area (Å²) in [6.45, 7) is 2.08. The van der Waals surface area contributed by atoms with Crippen molar-refractivity contribution in [2.75, 3.05) is 0 Å². The Kier molecular flexibility index (Phi) is 3.08. The number of aromatic hydroxyl groups is 1. The van der Waals surface area contributed by atoms with Crippen molar-refractivity contribution in [3.05, 3.63) is 83.4 Å². The number of hydrogen-bond acceptors (Lipinski definition) is 3. The number of carbonyl (C=O) groups excluding carboxylic acids is 1. The molecule has 0 spiro atoms. The summed E-state index contributed by atoms with van der Waals surface area (Å²) in [6, 6.07) is 21.2. The molecule has 29 heavy (non-hydrogen) atoms. The lowest BCUT2D eigenvalue weighted by molar-refractivity contribution is 0.107. The number of H-pyrrole nitrogens is 1. The van der Waals surface area contributed by atoms with Crippen molar-refractivity contribution in [1.82, 2.24) is 4.98 Å². The molecule has 2 N–H and O–H groups in total. The van der Waals surface area contributed by atoms with Gasteiger partial charge in [0.05, 0.1) is 11.2 Å². The van der Waals surface area contributed by atoms with Crippen LogP contribution in [0.1, 0.15) is 21.5 Å². The van der Waals surface area contributed by atoms with Gasteiger partial charge in [0, 0.05) is 38.2 Å². The van der Waals surface area contributed by atoms with Crippen LogP contribution >= 0.6 is 0 Å². The molecule has 1 aliphatic rings. The highest BCUT2D eigenvalue weighted by atomic mass is 16.3. The lowest BCUT2D eigenvalue weighted by atomic mass is 9.97. The van der Waals surface area contributed by atoms with Crippen molar-refractivity contribution < 1.29 is 9.90 Å². The summed E-state index contributed by atoms with van der Waals surface area (Å²) in [5, 5.41) is 14.9. The van der Waals surface area contributed by atoms with Gasteiger partial charge in [-0.2, -0.15) is 0 Å². The quantitative estimate of drug-likeness (QED) is 0.388. The number of phenols is 1. The van der Waals surface area contributed by atoms with Crippen LogP contribution in [0.5, 0.6) is 5.75 Å². The Morgan fingerprint density at radius 1 is 0.759 bits per heavy atom. The molecule has 5 aromatic rings. The number of aliphatic imine (C=N–C) groups is 1. The van der Waals surface area contributed by atoms with E-state index in [0.717, 1.165) is 27.2 Å². The van der Waals surface area contributed by atoms with Gasteiger partial charge < -0.3 is 10.1 Å². The van der Waals surface area contributed by atoms with E-state index in [2.05, 4.69) is 35.1 Å². The summed E-state index contributed by atoms with van der Waals surface area (Å²) in [5.74, 6) is -0.0720. The Morgan fingerprint density at radius 2 is 1.48 bits per heavy atom. The maximum atomic E-state index is 12.8. The molecule has 0 amide bonds. The summed E-state index contributed by atoms with van der Waals surface area (Å²) < 4.78 is 0.